The third-order valence-corrected chi connectivity index (χ3v) is 3.51. The molecular formula is C10H10FN3O2S. The molecule has 2 aromatic rings. The molecule has 0 bridgehead atoms. The predicted molar refractivity (Wildman–Crippen MR) is 59.0 cm³/mol. The second-order valence-electron chi connectivity index (χ2n) is 3.34. The summed E-state index contributed by atoms with van der Waals surface area (Å²) in [6.45, 7) is -0.103. The number of aromatic nitrogens is 2. The zero-order valence-corrected chi connectivity index (χ0v) is 9.54. The molecule has 2 N–H and O–H groups in total. The van der Waals surface area contributed by atoms with Gasteiger partial charge in [-0.15, -0.1) is 0 Å². The summed E-state index contributed by atoms with van der Waals surface area (Å²) in [5, 5.41) is 5.83. The first-order valence-corrected chi connectivity index (χ1v) is 6.30. The fourth-order valence-corrected chi connectivity index (χ4v) is 2.20. The smallest absolute Gasteiger partial charge is 0.257 e. The van der Waals surface area contributed by atoms with Gasteiger partial charge in [0.15, 0.2) is 5.03 Å². The van der Waals surface area contributed by atoms with E-state index in [1.807, 2.05) is 0 Å². The third kappa shape index (κ3) is 2.69. The molecule has 2 rings (SSSR count). The summed E-state index contributed by atoms with van der Waals surface area (Å²) in [6, 6.07) is 7.31. The zero-order valence-electron chi connectivity index (χ0n) is 8.72. The number of rotatable bonds is 4. The Labute approximate surface area is 97.7 Å². The van der Waals surface area contributed by atoms with E-state index in [-0.39, 0.29) is 17.1 Å². The molecular weight excluding hydrogens is 245 g/mol. The lowest BCUT2D eigenvalue weighted by Crippen LogP contribution is -2.24. The molecule has 0 saturated heterocycles. The van der Waals surface area contributed by atoms with E-state index in [1.54, 1.807) is 12.1 Å². The normalized spacial score (nSPS) is 11.6. The summed E-state index contributed by atoms with van der Waals surface area (Å²) in [6.07, 6.45) is 1.33. The van der Waals surface area contributed by atoms with Crippen molar-refractivity contribution in [1.82, 2.24) is 14.9 Å². The van der Waals surface area contributed by atoms with Gasteiger partial charge < -0.3 is 0 Å². The Morgan fingerprint density at radius 3 is 2.71 bits per heavy atom. The molecule has 0 fully saturated rings. The van der Waals surface area contributed by atoms with E-state index >= 15 is 0 Å². The van der Waals surface area contributed by atoms with Gasteiger partial charge in [0.1, 0.15) is 5.82 Å². The Hall–Kier alpha value is -1.73. The molecule has 0 radical (unpaired) electrons. The van der Waals surface area contributed by atoms with Gasteiger partial charge in [-0.3, -0.25) is 5.10 Å². The van der Waals surface area contributed by atoms with Gasteiger partial charge in [0.2, 0.25) is 0 Å². The number of benzene rings is 1. The number of H-pyrrole nitrogens is 1. The molecule has 0 amide bonds. The lowest BCUT2D eigenvalue weighted by Gasteiger charge is -2.05. The fraction of sp³-hybridized carbons (Fsp3) is 0.100. The fourth-order valence-electron chi connectivity index (χ4n) is 1.29. The molecule has 0 aliphatic rings. The first-order valence-electron chi connectivity index (χ1n) is 4.82. The molecule has 0 atom stereocenters. The van der Waals surface area contributed by atoms with E-state index < -0.39 is 15.8 Å². The maximum absolute atomic E-state index is 13.3. The van der Waals surface area contributed by atoms with E-state index in [9.17, 15) is 12.8 Å². The van der Waals surface area contributed by atoms with Crippen LogP contribution in [0.5, 0.6) is 0 Å². The predicted octanol–water partition coefficient (Wildman–Crippen LogP) is 1.03. The molecule has 17 heavy (non-hydrogen) atoms. The average Bonchev–Trinajstić information content (AvgIpc) is 2.82. The number of hydrogen-bond donors (Lipinski definition) is 2. The number of aromatic amines is 1. The molecule has 90 valence electrons. The van der Waals surface area contributed by atoms with Gasteiger partial charge in [0.25, 0.3) is 10.0 Å². The monoisotopic (exact) mass is 255 g/mol. The van der Waals surface area contributed by atoms with Crippen molar-refractivity contribution < 1.29 is 12.8 Å². The van der Waals surface area contributed by atoms with Crippen LogP contribution in [0.3, 0.4) is 0 Å². The van der Waals surface area contributed by atoms with Crippen LogP contribution in [0.25, 0.3) is 0 Å². The molecule has 0 spiro atoms. The van der Waals surface area contributed by atoms with Crippen molar-refractivity contribution in [3.05, 3.63) is 47.9 Å². The molecule has 0 aliphatic heterocycles. The summed E-state index contributed by atoms with van der Waals surface area (Å²) >= 11 is 0. The van der Waals surface area contributed by atoms with Crippen LogP contribution in [-0.2, 0) is 16.6 Å². The molecule has 5 nitrogen and oxygen atoms in total. The lowest BCUT2D eigenvalue weighted by atomic mass is 10.2. The first-order chi connectivity index (χ1) is 8.09. The van der Waals surface area contributed by atoms with E-state index in [2.05, 4.69) is 14.9 Å². The molecule has 1 aromatic carbocycles. The van der Waals surface area contributed by atoms with Crippen molar-refractivity contribution in [2.24, 2.45) is 0 Å². The van der Waals surface area contributed by atoms with Crippen molar-refractivity contribution in [3.63, 3.8) is 0 Å². The van der Waals surface area contributed by atoms with Gasteiger partial charge >= 0.3 is 0 Å². The first kappa shape index (κ1) is 11.7. The lowest BCUT2D eigenvalue weighted by molar-refractivity contribution is 0.570. The van der Waals surface area contributed by atoms with Gasteiger partial charge in [-0.2, -0.15) is 5.10 Å². The maximum Gasteiger partial charge on any atom is 0.257 e. The average molecular weight is 255 g/mol. The van der Waals surface area contributed by atoms with Crippen LogP contribution in [0.1, 0.15) is 5.56 Å². The van der Waals surface area contributed by atoms with Crippen molar-refractivity contribution in [1.29, 1.82) is 0 Å². The summed E-state index contributed by atoms with van der Waals surface area (Å²) in [7, 11) is -3.67. The molecule has 1 heterocycles. The Bertz CT molecular complexity index is 596. The maximum atomic E-state index is 13.3. The summed E-state index contributed by atoms with van der Waals surface area (Å²) in [5.41, 5.74) is 0.288. The van der Waals surface area contributed by atoms with E-state index in [4.69, 9.17) is 0 Å². The van der Waals surface area contributed by atoms with Gasteiger partial charge in [0.05, 0.1) is 6.20 Å². The number of nitrogens with zero attached hydrogens (tertiary/aromatic N) is 1. The summed E-state index contributed by atoms with van der Waals surface area (Å²) in [5.74, 6) is -0.445. The SMILES string of the molecule is O=S(=O)(NCc1ccccc1F)c1ccn[nH]1. The highest BCUT2D eigenvalue weighted by atomic mass is 32.2. The number of sulfonamides is 1. The van der Waals surface area contributed by atoms with Crippen LogP contribution in [0.15, 0.2) is 41.6 Å². The standard InChI is InChI=1S/C10H10FN3O2S/c11-9-4-2-1-3-8(9)7-13-17(15,16)10-5-6-12-14-10/h1-6,13H,7H2,(H,12,14). The minimum absolute atomic E-state index is 0.0474. The van der Waals surface area contributed by atoms with E-state index in [1.165, 1.54) is 24.4 Å². The summed E-state index contributed by atoms with van der Waals surface area (Å²) < 4.78 is 38.9. The highest BCUT2D eigenvalue weighted by molar-refractivity contribution is 7.89. The van der Waals surface area contributed by atoms with Crippen molar-refractivity contribution >= 4 is 10.0 Å². The zero-order chi connectivity index (χ0) is 12.3. The highest BCUT2D eigenvalue weighted by Gasteiger charge is 2.15. The van der Waals surface area contributed by atoms with Crippen LogP contribution in [0.4, 0.5) is 4.39 Å². The minimum Gasteiger partial charge on any atom is -0.266 e. The Kier molecular flexibility index (Phi) is 3.21. The number of nitrogens with one attached hydrogen (secondary N) is 2. The number of halogens is 1. The van der Waals surface area contributed by atoms with Crippen LogP contribution in [0, 0.1) is 5.82 Å². The second kappa shape index (κ2) is 4.64. The van der Waals surface area contributed by atoms with Crippen LogP contribution >= 0.6 is 0 Å². The molecule has 0 saturated carbocycles. The molecule has 7 heteroatoms. The second-order valence-corrected chi connectivity index (χ2v) is 5.07. The van der Waals surface area contributed by atoms with Crippen LogP contribution in [0.2, 0.25) is 0 Å². The van der Waals surface area contributed by atoms with E-state index in [0.29, 0.717) is 0 Å². The van der Waals surface area contributed by atoms with Gasteiger partial charge in [-0.25, -0.2) is 17.5 Å². The molecule has 1 aromatic heterocycles. The highest BCUT2D eigenvalue weighted by Crippen LogP contribution is 2.08. The number of hydrogen-bond acceptors (Lipinski definition) is 3. The third-order valence-electron chi connectivity index (χ3n) is 2.18. The quantitative estimate of drug-likeness (QED) is 0.856. The minimum atomic E-state index is -3.67. The van der Waals surface area contributed by atoms with Crippen molar-refractivity contribution in [3.8, 4) is 0 Å². The van der Waals surface area contributed by atoms with Gasteiger partial charge in [0, 0.05) is 12.1 Å². The largest absolute Gasteiger partial charge is 0.266 e. The van der Waals surface area contributed by atoms with E-state index in [0.717, 1.165) is 0 Å². The topological polar surface area (TPSA) is 74.8 Å². The van der Waals surface area contributed by atoms with Crippen LogP contribution < -0.4 is 4.72 Å². The van der Waals surface area contributed by atoms with Crippen molar-refractivity contribution in [2.45, 2.75) is 11.6 Å². The van der Waals surface area contributed by atoms with Gasteiger partial charge in [-0.1, -0.05) is 18.2 Å². The van der Waals surface area contributed by atoms with Gasteiger partial charge in [-0.05, 0) is 12.1 Å². The van der Waals surface area contributed by atoms with Crippen LogP contribution in [-0.4, -0.2) is 18.6 Å². The molecule has 0 unspecified atom stereocenters. The Balaban J connectivity index is 2.12. The summed E-state index contributed by atoms with van der Waals surface area (Å²) in [4.78, 5) is 0. The molecule has 0 aliphatic carbocycles. The Morgan fingerprint density at radius 1 is 1.29 bits per heavy atom. The van der Waals surface area contributed by atoms with Crippen molar-refractivity contribution in [2.75, 3.05) is 0 Å². The Morgan fingerprint density at radius 2 is 2.06 bits per heavy atom.